The lowest BCUT2D eigenvalue weighted by atomic mass is 9.96. The summed E-state index contributed by atoms with van der Waals surface area (Å²) in [7, 11) is 0. The summed E-state index contributed by atoms with van der Waals surface area (Å²) in [6.45, 7) is 2.66. The van der Waals surface area contributed by atoms with Crippen LogP contribution in [0.2, 0.25) is 0 Å². The number of carboxylic acid groups (broad SMARTS) is 1. The summed E-state index contributed by atoms with van der Waals surface area (Å²) in [6, 6.07) is 0. The molecule has 3 heteroatoms. The number of aliphatic carboxylic acids is 1. The van der Waals surface area contributed by atoms with Crippen LogP contribution in [-0.2, 0) is 4.79 Å². The van der Waals surface area contributed by atoms with Crippen molar-refractivity contribution >= 4 is 5.97 Å². The number of nitrogens with two attached hydrogens (primary N) is 1. The third-order valence-corrected chi connectivity index (χ3v) is 1.74. The van der Waals surface area contributed by atoms with Crippen LogP contribution in [0, 0.1) is 5.92 Å². The van der Waals surface area contributed by atoms with Gasteiger partial charge in [-0.1, -0.05) is 19.8 Å². The molecule has 0 aliphatic heterocycles. The van der Waals surface area contributed by atoms with Crippen LogP contribution in [0.4, 0.5) is 0 Å². The number of hydrogen-bond acceptors (Lipinski definition) is 2. The van der Waals surface area contributed by atoms with E-state index in [1.807, 2.05) is 0 Å². The molecule has 0 bridgehead atoms. The molecule has 3 N–H and O–H groups in total. The zero-order chi connectivity index (χ0) is 8.69. The van der Waals surface area contributed by atoms with E-state index < -0.39 is 5.97 Å². The molecule has 0 spiro atoms. The van der Waals surface area contributed by atoms with Crippen LogP contribution < -0.4 is 5.73 Å². The highest BCUT2D eigenvalue weighted by Gasteiger charge is 2.10. The smallest absolute Gasteiger partial charge is 0.303 e. The zero-order valence-electron chi connectivity index (χ0n) is 7.05. The highest BCUT2D eigenvalue weighted by Crippen LogP contribution is 2.14. The molecule has 0 aromatic heterocycles. The Morgan fingerprint density at radius 1 is 1.55 bits per heavy atom. The maximum atomic E-state index is 10.3. The van der Waals surface area contributed by atoms with Crippen molar-refractivity contribution in [2.45, 2.75) is 32.6 Å². The lowest BCUT2D eigenvalue weighted by molar-refractivity contribution is -0.138. The predicted octanol–water partition coefficient (Wildman–Crippen LogP) is 1.23. The molecule has 0 saturated carbocycles. The molecule has 0 heterocycles. The van der Waals surface area contributed by atoms with Gasteiger partial charge >= 0.3 is 5.97 Å². The van der Waals surface area contributed by atoms with E-state index in [9.17, 15) is 4.79 Å². The van der Waals surface area contributed by atoms with E-state index in [2.05, 4.69) is 6.92 Å². The van der Waals surface area contributed by atoms with Crippen LogP contribution in [0.5, 0.6) is 0 Å². The van der Waals surface area contributed by atoms with Gasteiger partial charge in [0, 0.05) is 6.42 Å². The van der Waals surface area contributed by atoms with Gasteiger partial charge in [-0.05, 0) is 18.9 Å². The maximum Gasteiger partial charge on any atom is 0.303 e. The van der Waals surface area contributed by atoms with Gasteiger partial charge in [0.2, 0.25) is 0 Å². The molecule has 0 fully saturated rings. The van der Waals surface area contributed by atoms with Crippen molar-refractivity contribution < 1.29 is 9.90 Å². The van der Waals surface area contributed by atoms with Crippen molar-refractivity contribution in [3.8, 4) is 0 Å². The normalized spacial score (nSPS) is 12.9. The number of carboxylic acids is 1. The lowest BCUT2D eigenvalue weighted by Crippen LogP contribution is -2.12. The summed E-state index contributed by atoms with van der Waals surface area (Å²) in [4.78, 5) is 10.3. The van der Waals surface area contributed by atoms with Gasteiger partial charge in [-0.15, -0.1) is 0 Å². The van der Waals surface area contributed by atoms with Crippen LogP contribution in [0.3, 0.4) is 0 Å². The van der Waals surface area contributed by atoms with Crippen LogP contribution in [-0.4, -0.2) is 17.6 Å². The molecule has 0 saturated heterocycles. The number of hydrogen-bond donors (Lipinski definition) is 2. The Hall–Kier alpha value is -0.570. The van der Waals surface area contributed by atoms with Gasteiger partial charge in [-0.2, -0.15) is 0 Å². The molecule has 66 valence electrons. The molecule has 0 aliphatic carbocycles. The average Bonchev–Trinajstić information content (AvgIpc) is 1.87. The second kappa shape index (κ2) is 6.16. The average molecular weight is 159 g/mol. The summed E-state index contributed by atoms with van der Waals surface area (Å²) < 4.78 is 0. The fraction of sp³-hybridized carbons (Fsp3) is 0.875. The van der Waals surface area contributed by atoms with Crippen molar-refractivity contribution in [1.82, 2.24) is 0 Å². The van der Waals surface area contributed by atoms with Gasteiger partial charge in [0.25, 0.3) is 0 Å². The van der Waals surface area contributed by atoms with E-state index in [4.69, 9.17) is 10.8 Å². The van der Waals surface area contributed by atoms with Crippen molar-refractivity contribution in [3.63, 3.8) is 0 Å². The van der Waals surface area contributed by atoms with Crippen LogP contribution in [0.15, 0.2) is 0 Å². The highest BCUT2D eigenvalue weighted by atomic mass is 16.4. The minimum atomic E-state index is -0.711. The Balaban J connectivity index is 3.59. The number of rotatable bonds is 6. The molecule has 1 unspecified atom stereocenters. The van der Waals surface area contributed by atoms with Crippen molar-refractivity contribution in [1.29, 1.82) is 0 Å². The van der Waals surface area contributed by atoms with Crippen molar-refractivity contribution in [2.75, 3.05) is 6.54 Å². The fourth-order valence-electron chi connectivity index (χ4n) is 1.24. The van der Waals surface area contributed by atoms with Gasteiger partial charge in [0.05, 0.1) is 0 Å². The summed E-state index contributed by atoms with van der Waals surface area (Å²) in [6.07, 6.45) is 3.12. The summed E-state index contributed by atoms with van der Waals surface area (Å²) in [5.41, 5.74) is 5.34. The largest absolute Gasteiger partial charge is 0.481 e. The van der Waals surface area contributed by atoms with E-state index in [1.54, 1.807) is 0 Å². The summed E-state index contributed by atoms with van der Waals surface area (Å²) in [5.74, 6) is -0.431. The first kappa shape index (κ1) is 10.4. The standard InChI is InChI=1S/C8H17NO2/c1-2-3-7(4-5-9)6-8(10)11/h7H,2-6,9H2,1H3,(H,10,11). The van der Waals surface area contributed by atoms with E-state index in [0.717, 1.165) is 19.3 Å². The Kier molecular flexibility index (Phi) is 5.84. The minimum absolute atomic E-state index is 0.269. The van der Waals surface area contributed by atoms with E-state index in [0.29, 0.717) is 6.54 Å². The molecule has 0 radical (unpaired) electrons. The van der Waals surface area contributed by atoms with Crippen LogP contribution in [0.25, 0.3) is 0 Å². The Labute approximate surface area is 67.6 Å². The van der Waals surface area contributed by atoms with Gasteiger partial charge in [0.1, 0.15) is 0 Å². The zero-order valence-corrected chi connectivity index (χ0v) is 7.05. The molecular formula is C8H17NO2. The van der Waals surface area contributed by atoms with E-state index in [1.165, 1.54) is 0 Å². The SMILES string of the molecule is CCCC(CCN)CC(=O)O. The van der Waals surface area contributed by atoms with Crippen LogP contribution in [0.1, 0.15) is 32.6 Å². The molecule has 0 amide bonds. The molecule has 1 atom stereocenters. The Morgan fingerprint density at radius 2 is 2.18 bits per heavy atom. The summed E-state index contributed by atoms with van der Waals surface area (Å²) in [5, 5.41) is 8.50. The molecule has 0 rings (SSSR count). The fourth-order valence-corrected chi connectivity index (χ4v) is 1.24. The second-order valence-corrected chi connectivity index (χ2v) is 2.83. The van der Waals surface area contributed by atoms with Crippen molar-refractivity contribution in [2.24, 2.45) is 11.7 Å². The first-order valence-electron chi connectivity index (χ1n) is 4.12. The van der Waals surface area contributed by atoms with E-state index >= 15 is 0 Å². The second-order valence-electron chi connectivity index (χ2n) is 2.83. The van der Waals surface area contributed by atoms with Crippen molar-refractivity contribution in [3.05, 3.63) is 0 Å². The molecule has 3 nitrogen and oxygen atoms in total. The van der Waals surface area contributed by atoms with Gasteiger partial charge < -0.3 is 10.8 Å². The first-order valence-corrected chi connectivity index (χ1v) is 4.12. The monoisotopic (exact) mass is 159 g/mol. The summed E-state index contributed by atoms with van der Waals surface area (Å²) >= 11 is 0. The molecular weight excluding hydrogens is 142 g/mol. The first-order chi connectivity index (χ1) is 5.20. The topological polar surface area (TPSA) is 63.3 Å². The quantitative estimate of drug-likeness (QED) is 0.612. The highest BCUT2D eigenvalue weighted by molar-refractivity contribution is 5.66. The molecule has 0 aromatic carbocycles. The Bertz CT molecular complexity index is 109. The predicted molar refractivity (Wildman–Crippen MR) is 44.3 cm³/mol. The molecule has 0 aliphatic rings. The van der Waals surface area contributed by atoms with Crippen LogP contribution >= 0.6 is 0 Å². The van der Waals surface area contributed by atoms with Gasteiger partial charge in [-0.25, -0.2) is 0 Å². The third kappa shape index (κ3) is 5.85. The van der Waals surface area contributed by atoms with Gasteiger partial charge in [0.15, 0.2) is 0 Å². The maximum absolute atomic E-state index is 10.3. The minimum Gasteiger partial charge on any atom is -0.481 e. The van der Waals surface area contributed by atoms with E-state index in [-0.39, 0.29) is 12.3 Å². The Morgan fingerprint density at radius 3 is 2.55 bits per heavy atom. The molecule has 11 heavy (non-hydrogen) atoms. The molecule has 0 aromatic rings. The van der Waals surface area contributed by atoms with Gasteiger partial charge in [-0.3, -0.25) is 4.79 Å². The third-order valence-electron chi connectivity index (χ3n) is 1.74. The number of carbonyl (C=O) groups is 1. The lowest BCUT2D eigenvalue weighted by Gasteiger charge is -2.11.